The van der Waals surface area contributed by atoms with Crippen molar-refractivity contribution in [1.29, 1.82) is 0 Å². The largest absolute Gasteiger partial charge is 0.364 e. The molecular formula is C20H20N4O2S. The van der Waals surface area contributed by atoms with Gasteiger partial charge in [0.15, 0.2) is 0 Å². The number of carbonyl (C=O) groups excluding carboxylic acids is 1. The van der Waals surface area contributed by atoms with Gasteiger partial charge in [-0.2, -0.15) is 0 Å². The van der Waals surface area contributed by atoms with Crippen LogP contribution in [0.4, 0.5) is 0 Å². The third-order valence-corrected chi connectivity index (χ3v) is 5.31. The normalized spacial score (nSPS) is 11.3. The molecule has 1 N–H and O–H groups in total. The van der Waals surface area contributed by atoms with Gasteiger partial charge >= 0.3 is 0 Å². The number of amides is 1. The lowest BCUT2D eigenvalue weighted by molar-refractivity contribution is -0.126. The first-order valence-corrected chi connectivity index (χ1v) is 9.63. The first-order chi connectivity index (χ1) is 13.2. The lowest BCUT2D eigenvalue weighted by Crippen LogP contribution is -2.30. The monoisotopic (exact) mass is 380 g/mol. The van der Waals surface area contributed by atoms with E-state index < -0.39 is 0 Å². The second kappa shape index (κ2) is 7.85. The summed E-state index contributed by atoms with van der Waals surface area (Å²) in [5.41, 5.74) is 3.02. The molecule has 138 valence electrons. The molecule has 1 amide bonds. The van der Waals surface area contributed by atoms with Crippen LogP contribution in [0.2, 0.25) is 0 Å². The summed E-state index contributed by atoms with van der Waals surface area (Å²) in [7, 11) is 0. The van der Waals surface area contributed by atoms with E-state index in [1.165, 1.54) is 0 Å². The highest BCUT2D eigenvalue weighted by molar-refractivity contribution is 7.18. The van der Waals surface area contributed by atoms with Crippen LogP contribution < -0.4 is 5.32 Å². The zero-order valence-corrected chi connectivity index (χ0v) is 15.8. The predicted octanol–water partition coefficient (Wildman–Crippen LogP) is 3.29. The fourth-order valence-electron chi connectivity index (χ4n) is 3.05. The molecule has 0 aliphatic rings. The Morgan fingerprint density at radius 2 is 1.89 bits per heavy atom. The molecule has 7 heteroatoms. The molecule has 0 radical (unpaired) electrons. The molecule has 0 aliphatic carbocycles. The van der Waals surface area contributed by atoms with Crippen molar-refractivity contribution in [1.82, 2.24) is 19.9 Å². The van der Waals surface area contributed by atoms with E-state index in [-0.39, 0.29) is 12.5 Å². The van der Waals surface area contributed by atoms with Gasteiger partial charge in [0.2, 0.25) is 5.91 Å². The van der Waals surface area contributed by atoms with E-state index in [1.54, 1.807) is 11.3 Å². The van der Waals surface area contributed by atoms with Gasteiger partial charge in [-0.1, -0.05) is 24.3 Å². The Balaban J connectivity index is 1.24. The maximum atomic E-state index is 12.0. The predicted molar refractivity (Wildman–Crippen MR) is 107 cm³/mol. The van der Waals surface area contributed by atoms with Gasteiger partial charge in [-0.3, -0.25) is 4.79 Å². The number of carbonyl (C=O) groups is 1. The standard InChI is InChI=1S/C20H20N4O2S/c1-14-22-15-6-2-4-8-17(15)24(14)11-10-21-19(25)12-26-13-20-23-16-7-3-5-9-18(16)27-20/h2-9H,10-13H2,1H3,(H,21,25). The molecule has 0 fully saturated rings. The summed E-state index contributed by atoms with van der Waals surface area (Å²) in [6.45, 7) is 3.56. The Kier molecular flexibility index (Phi) is 5.13. The molecule has 2 aromatic heterocycles. The van der Waals surface area contributed by atoms with Gasteiger partial charge in [-0.25, -0.2) is 9.97 Å². The van der Waals surface area contributed by atoms with Crippen LogP contribution in [0.3, 0.4) is 0 Å². The maximum absolute atomic E-state index is 12.0. The van der Waals surface area contributed by atoms with Gasteiger partial charge in [0.05, 0.1) is 27.9 Å². The van der Waals surface area contributed by atoms with E-state index in [0.717, 1.165) is 32.1 Å². The Morgan fingerprint density at radius 3 is 2.74 bits per heavy atom. The van der Waals surface area contributed by atoms with Gasteiger partial charge in [-0.15, -0.1) is 11.3 Å². The fourth-order valence-corrected chi connectivity index (χ4v) is 3.95. The minimum Gasteiger partial charge on any atom is -0.364 e. The number of hydrogen-bond acceptors (Lipinski definition) is 5. The van der Waals surface area contributed by atoms with Crippen molar-refractivity contribution >= 4 is 38.5 Å². The lowest BCUT2D eigenvalue weighted by Gasteiger charge is -2.08. The number of hydrogen-bond donors (Lipinski definition) is 1. The van der Waals surface area contributed by atoms with E-state index in [9.17, 15) is 4.79 Å². The van der Waals surface area contributed by atoms with Crippen LogP contribution in [0, 0.1) is 6.92 Å². The number of ether oxygens (including phenoxy) is 1. The van der Waals surface area contributed by atoms with Crippen molar-refractivity contribution in [2.45, 2.75) is 20.1 Å². The van der Waals surface area contributed by atoms with Gasteiger partial charge in [0.1, 0.15) is 17.4 Å². The molecular weight excluding hydrogens is 360 g/mol. The highest BCUT2D eigenvalue weighted by Crippen LogP contribution is 2.21. The van der Waals surface area contributed by atoms with Crippen molar-refractivity contribution in [3.05, 3.63) is 59.4 Å². The van der Waals surface area contributed by atoms with Gasteiger partial charge in [-0.05, 0) is 31.2 Å². The highest BCUT2D eigenvalue weighted by Gasteiger charge is 2.08. The van der Waals surface area contributed by atoms with Crippen molar-refractivity contribution in [3.8, 4) is 0 Å². The minimum atomic E-state index is -0.127. The zero-order chi connectivity index (χ0) is 18.6. The second-order valence-electron chi connectivity index (χ2n) is 6.22. The third kappa shape index (κ3) is 3.99. The van der Waals surface area contributed by atoms with Crippen molar-refractivity contribution in [2.24, 2.45) is 0 Å². The van der Waals surface area contributed by atoms with Crippen molar-refractivity contribution < 1.29 is 9.53 Å². The Hall–Kier alpha value is -2.77. The maximum Gasteiger partial charge on any atom is 0.246 e. The van der Waals surface area contributed by atoms with Gasteiger partial charge in [0.25, 0.3) is 0 Å². The summed E-state index contributed by atoms with van der Waals surface area (Å²) in [6, 6.07) is 16.0. The number of fused-ring (bicyclic) bond motifs is 2. The highest BCUT2D eigenvalue weighted by atomic mass is 32.1. The quantitative estimate of drug-likeness (QED) is 0.534. The van der Waals surface area contributed by atoms with E-state index in [0.29, 0.717) is 19.7 Å². The molecule has 0 unspecified atom stereocenters. The minimum absolute atomic E-state index is 0.0274. The average Bonchev–Trinajstić information content (AvgIpc) is 3.22. The fraction of sp³-hybridized carbons (Fsp3) is 0.250. The topological polar surface area (TPSA) is 69.0 Å². The van der Waals surface area contributed by atoms with Crippen LogP contribution in [0.1, 0.15) is 10.8 Å². The smallest absolute Gasteiger partial charge is 0.246 e. The molecule has 2 aromatic carbocycles. The van der Waals surface area contributed by atoms with E-state index in [2.05, 4.69) is 19.9 Å². The summed E-state index contributed by atoms with van der Waals surface area (Å²) >= 11 is 1.59. The van der Waals surface area contributed by atoms with Crippen molar-refractivity contribution in [2.75, 3.05) is 13.2 Å². The van der Waals surface area contributed by atoms with Crippen LogP contribution in [0.25, 0.3) is 21.3 Å². The van der Waals surface area contributed by atoms with Crippen molar-refractivity contribution in [3.63, 3.8) is 0 Å². The van der Waals surface area contributed by atoms with Gasteiger partial charge in [0, 0.05) is 13.1 Å². The molecule has 0 aliphatic heterocycles. The Labute approximate surface area is 160 Å². The number of thiazole rings is 1. The molecule has 0 atom stereocenters. The third-order valence-electron chi connectivity index (χ3n) is 4.30. The molecule has 2 heterocycles. The van der Waals surface area contributed by atoms with Crippen LogP contribution in [0.5, 0.6) is 0 Å². The van der Waals surface area contributed by atoms with E-state index >= 15 is 0 Å². The summed E-state index contributed by atoms with van der Waals surface area (Å²) in [5.74, 6) is 0.815. The first-order valence-electron chi connectivity index (χ1n) is 8.81. The van der Waals surface area contributed by atoms with Crippen LogP contribution in [-0.2, 0) is 22.7 Å². The number of benzene rings is 2. The first kappa shape index (κ1) is 17.6. The number of aromatic nitrogens is 3. The number of imidazole rings is 1. The molecule has 0 saturated carbocycles. The van der Waals surface area contributed by atoms with E-state index in [1.807, 2.05) is 55.5 Å². The number of nitrogens with zero attached hydrogens (tertiary/aromatic N) is 3. The number of para-hydroxylation sites is 3. The second-order valence-corrected chi connectivity index (χ2v) is 7.33. The molecule has 0 saturated heterocycles. The van der Waals surface area contributed by atoms with E-state index in [4.69, 9.17) is 4.74 Å². The number of nitrogens with one attached hydrogen (secondary N) is 1. The van der Waals surface area contributed by atoms with Crippen LogP contribution >= 0.6 is 11.3 Å². The SMILES string of the molecule is Cc1nc2ccccc2n1CCNC(=O)COCc1nc2ccccc2s1. The molecule has 4 aromatic rings. The van der Waals surface area contributed by atoms with Crippen LogP contribution in [0.15, 0.2) is 48.5 Å². The summed E-state index contributed by atoms with van der Waals surface area (Å²) in [5, 5.41) is 3.78. The average molecular weight is 380 g/mol. The van der Waals surface area contributed by atoms with Crippen LogP contribution in [-0.4, -0.2) is 33.6 Å². The summed E-state index contributed by atoms with van der Waals surface area (Å²) in [6.07, 6.45) is 0. The summed E-state index contributed by atoms with van der Waals surface area (Å²) < 4.78 is 8.75. The number of aryl methyl sites for hydroxylation is 1. The molecule has 4 rings (SSSR count). The molecule has 0 bridgehead atoms. The lowest BCUT2D eigenvalue weighted by atomic mass is 10.3. The zero-order valence-electron chi connectivity index (χ0n) is 15.0. The Bertz CT molecular complexity index is 1050. The number of rotatable bonds is 7. The molecule has 27 heavy (non-hydrogen) atoms. The van der Waals surface area contributed by atoms with Gasteiger partial charge < -0.3 is 14.6 Å². The summed E-state index contributed by atoms with van der Waals surface area (Å²) in [4.78, 5) is 21.0. The Morgan fingerprint density at radius 1 is 1.11 bits per heavy atom. The molecule has 0 spiro atoms. The molecule has 6 nitrogen and oxygen atoms in total.